The fourth-order valence-corrected chi connectivity index (χ4v) is 1.69. The van der Waals surface area contributed by atoms with Crippen LogP contribution in [0.25, 0.3) is 0 Å². The molecule has 0 aliphatic carbocycles. The zero-order valence-electron chi connectivity index (χ0n) is 11.3. The molecule has 0 aliphatic rings. The minimum atomic E-state index is 0.00333. The van der Waals surface area contributed by atoms with E-state index in [2.05, 4.69) is 50.4 Å². The Balaban J connectivity index is 2.40. The van der Waals surface area contributed by atoms with Gasteiger partial charge in [-0.15, -0.1) is 0 Å². The summed E-state index contributed by atoms with van der Waals surface area (Å²) in [5.74, 6) is 0. The van der Waals surface area contributed by atoms with Crippen LogP contribution in [0.15, 0.2) is 24.3 Å². The summed E-state index contributed by atoms with van der Waals surface area (Å²) in [6.45, 7) is 8.37. The number of hydrogen-bond acceptors (Lipinski definition) is 2. The van der Waals surface area contributed by atoms with Crippen molar-refractivity contribution in [3.63, 3.8) is 0 Å². The Bertz CT molecular complexity index is 314. The average molecular weight is 235 g/mol. The standard InChI is InChI=1S/C15H25NO/c1-4-13-6-8-14(9-7-13)10-16-11-15(3,5-2)12-17/h6-9,16-17H,4-5,10-12H2,1-3H3. The van der Waals surface area contributed by atoms with Crippen LogP contribution in [0.2, 0.25) is 0 Å². The SMILES string of the molecule is CCc1ccc(CNCC(C)(CC)CO)cc1. The maximum Gasteiger partial charge on any atom is 0.0496 e. The predicted molar refractivity (Wildman–Crippen MR) is 73.0 cm³/mol. The van der Waals surface area contributed by atoms with E-state index in [1.165, 1.54) is 11.1 Å². The number of rotatable bonds is 7. The molecule has 2 N–H and O–H groups in total. The first-order valence-corrected chi connectivity index (χ1v) is 6.53. The maximum absolute atomic E-state index is 9.31. The first kappa shape index (κ1) is 14.2. The van der Waals surface area contributed by atoms with Crippen LogP contribution in [-0.2, 0) is 13.0 Å². The summed E-state index contributed by atoms with van der Waals surface area (Å²) >= 11 is 0. The molecule has 96 valence electrons. The van der Waals surface area contributed by atoms with E-state index in [0.717, 1.165) is 25.9 Å². The highest BCUT2D eigenvalue weighted by atomic mass is 16.3. The monoisotopic (exact) mass is 235 g/mol. The number of hydrogen-bond donors (Lipinski definition) is 2. The Labute approximate surface area is 105 Å². The van der Waals surface area contributed by atoms with Crippen molar-refractivity contribution in [1.29, 1.82) is 0 Å². The number of aliphatic hydroxyl groups is 1. The van der Waals surface area contributed by atoms with E-state index in [1.807, 2.05) is 0 Å². The van der Waals surface area contributed by atoms with Gasteiger partial charge in [-0.3, -0.25) is 0 Å². The van der Waals surface area contributed by atoms with Crippen LogP contribution in [0.5, 0.6) is 0 Å². The topological polar surface area (TPSA) is 32.3 Å². The molecule has 0 amide bonds. The quantitative estimate of drug-likeness (QED) is 0.761. The Hall–Kier alpha value is -0.860. The summed E-state index contributed by atoms with van der Waals surface area (Å²) in [4.78, 5) is 0. The molecule has 2 nitrogen and oxygen atoms in total. The molecule has 1 aromatic rings. The summed E-state index contributed by atoms with van der Waals surface area (Å²) < 4.78 is 0. The lowest BCUT2D eigenvalue weighted by molar-refractivity contribution is 0.135. The lowest BCUT2D eigenvalue weighted by Crippen LogP contribution is -2.34. The van der Waals surface area contributed by atoms with Gasteiger partial charge in [-0.25, -0.2) is 0 Å². The molecule has 0 heterocycles. The molecule has 1 unspecified atom stereocenters. The smallest absolute Gasteiger partial charge is 0.0496 e. The largest absolute Gasteiger partial charge is 0.396 e. The summed E-state index contributed by atoms with van der Waals surface area (Å²) in [6, 6.07) is 8.71. The number of aliphatic hydroxyl groups excluding tert-OH is 1. The molecule has 0 bridgehead atoms. The highest BCUT2D eigenvalue weighted by molar-refractivity contribution is 5.22. The Kier molecular flexibility index (Phi) is 5.66. The number of aryl methyl sites for hydroxylation is 1. The molecular formula is C15H25NO. The molecule has 1 aromatic carbocycles. The zero-order valence-corrected chi connectivity index (χ0v) is 11.3. The number of benzene rings is 1. The van der Waals surface area contributed by atoms with Gasteiger partial charge in [0.2, 0.25) is 0 Å². The van der Waals surface area contributed by atoms with Gasteiger partial charge in [0.15, 0.2) is 0 Å². The zero-order chi connectivity index (χ0) is 12.7. The van der Waals surface area contributed by atoms with Crippen LogP contribution in [0.3, 0.4) is 0 Å². The molecule has 0 aromatic heterocycles. The minimum Gasteiger partial charge on any atom is -0.396 e. The molecule has 2 heteroatoms. The third-order valence-corrected chi connectivity index (χ3v) is 3.55. The van der Waals surface area contributed by atoms with Crippen molar-refractivity contribution in [2.45, 2.75) is 40.2 Å². The van der Waals surface area contributed by atoms with Crippen LogP contribution < -0.4 is 5.32 Å². The molecule has 17 heavy (non-hydrogen) atoms. The Morgan fingerprint density at radius 3 is 2.18 bits per heavy atom. The van der Waals surface area contributed by atoms with Crippen molar-refractivity contribution in [2.24, 2.45) is 5.41 Å². The van der Waals surface area contributed by atoms with Crippen molar-refractivity contribution in [1.82, 2.24) is 5.32 Å². The van der Waals surface area contributed by atoms with Crippen molar-refractivity contribution in [2.75, 3.05) is 13.2 Å². The predicted octanol–water partition coefficient (Wildman–Crippen LogP) is 2.75. The Morgan fingerprint density at radius 1 is 1.12 bits per heavy atom. The highest BCUT2D eigenvalue weighted by Crippen LogP contribution is 2.18. The molecule has 0 spiro atoms. The van der Waals surface area contributed by atoms with E-state index >= 15 is 0 Å². The van der Waals surface area contributed by atoms with Gasteiger partial charge in [0.05, 0.1) is 0 Å². The van der Waals surface area contributed by atoms with Gasteiger partial charge in [0.1, 0.15) is 0 Å². The van der Waals surface area contributed by atoms with E-state index in [9.17, 15) is 5.11 Å². The summed E-state index contributed by atoms with van der Waals surface area (Å²) in [5, 5.41) is 12.7. The molecule has 1 rings (SSSR count). The second-order valence-electron chi connectivity index (χ2n) is 5.10. The van der Waals surface area contributed by atoms with Gasteiger partial charge in [0.25, 0.3) is 0 Å². The van der Waals surface area contributed by atoms with Gasteiger partial charge in [-0.1, -0.05) is 45.0 Å². The molecule has 0 saturated carbocycles. The molecule has 0 radical (unpaired) electrons. The molecule has 0 aliphatic heterocycles. The summed E-state index contributed by atoms with van der Waals surface area (Å²) in [6.07, 6.45) is 2.08. The van der Waals surface area contributed by atoms with Crippen molar-refractivity contribution < 1.29 is 5.11 Å². The van der Waals surface area contributed by atoms with Crippen molar-refractivity contribution in [3.8, 4) is 0 Å². The summed E-state index contributed by atoms with van der Waals surface area (Å²) in [5.41, 5.74) is 2.68. The maximum atomic E-state index is 9.31. The van der Waals surface area contributed by atoms with E-state index in [-0.39, 0.29) is 12.0 Å². The molecular weight excluding hydrogens is 210 g/mol. The van der Waals surface area contributed by atoms with Gasteiger partial charge >= 0.3 is 0 Å². The van der Waals surface area contributed by atoms with Crippen LogP contribution in [0.1, 0.15) is 38.3 Å². The van der Waals surface area contributed by atoms with E-state index in [1.54, 1.807) is 0 Å². The fourth-order valence-electron chi connectivity index (χ4n) is 1.69. The lowest BCUT2D eigenvalue weighted by Gasteiger charge is -2.25. The van der Waals surface area contributed by atoms with Crippen LogP contribution >= 0.6 is 0 Å². The van der Waals surface area contributed by atoms with E-state index in [0.29, 0.717) is 0 Å². The average Bonchev–Trinajstić information content (AvgIpc) is 2.39. The molecule has 0 fully saturated rings. The van der Waals surface area contributed by atoms with Crippen molar-refractivity contribution in [3.05, 3.63) is 35.4 Å². The third kappa shape index (κ3) is 4.49. The van der Waals surface area contributed by atoms with Crippen LogP contribution in [-0.4, -0.2) is 18.3 Å². The second-order valence-corrected chi connectivity index (χ2v) is 5.10. The van der Waals surface area contributed by atoms with E-state index in [4.69, 9.17) is 0 Å². The van der Waals surface area contributed by atoms with Gasteiger partial charge < -0.3 is 10.4 Å². The number of nitrogens with one attached hydrogen (secondary N) is 1. The molecule has 0 saturated heterocycles. The van der Waals surface area contributed by atoms with Gasteiger partial charge in [0, 0.05) is 25.1 Å². The first-order valence-electron chi connectivity index (χ1n) is 6.53. The second kappa shape index (κ2) is 6.77. The fraction of sp³-hybridized carbons (Fsp3) is 0.600. The first-order chi connectivity index (χ1) is 8.13. The lowest BCUT2D eigenvalue weighted by atomic mass is 9.88. The van der Waals surface area contributed by atoms with Gasteiger partial charge in [-0.2, -0.15) is 0 Å². The normalized spacial score (nSPS) is 14.6. The minimum absolute atomic E-state index is 0.00333. The van der Waals surface area contributed by atoms with Crippen molar-refractivity contribution >= 4 is 0 Å². The van der Waals surface area contributed by atoms with Gasteiger partial charge in [-0.05, 0) is 24.0 Å². The highest BCUT2D eigenvalue weighted by Gasteiger charge is 2.19. The molecule has 1 atom stereocenters. The third-order valence-electron chi connectivity index (χ3n) is 3.55. The summed E-state index contributed by atoms with van der Waals surface area (Å²) in [7, 11) is 0. The van der Waals surface area contributed by atoms with E-state index < -0.39 is 0 Å². The van der Waals surface area contributed by atoms with Crippen LogP contribution in [0.4, 0.5) is 0 Å². The van der Waals surface area contributed by atoms with Crippen LogP contribution in [0, 0.1) is 5.41 Å². The Morgan fingerprint density at radius 2 is 1.71 bits per heavy atom.